The quantitative estimate of drug-likeness (QED) is 0.203. The van der Waals surface area contributed by atoms with E-state index in [9.17, 15) is 15.3 Å². The highest BCUT2D eigenvalue weighted by atomic mass is 16.6. The molecule has 224 valence electrons. The van der Waals surface area contributed by atoms with Gasteiger partial charge in [-0.25, -0.2) is 19.9 Å². The second kappa shape index (κ2) is 10.5. The maximum Gasteiger partial charge on any atom is 0.167 e. The molecule has 0 spiro atoms. The van der Waals surface area contributed by atoms with E-state index in [0.29, 0.717) is 23.6 Å². The maximum atomic E-state index is 11.1. The standard InChI is InChI=1S/C29H38N8O5/c1-29(2,12-39)16-4-5-18-19(9-16)35-21(34-18)6-3-15-7-17(8-15)36-10-20-25(42-22(36)11-38)24(40)28(41-20)37-14-33-23-26(30)31-13-32-27(23)37/h4-5,9,13-15,17,20,22,24-25,28,38-40H,3,6-8,10-12H2,1-2H3,(H,34,35)(H2,30,31,32)/t15?,17?,20-,22?,24-,25-,28-/m1/s1. The van der Waals surface area contributed by atoms with Crippen molar-refractivity contribution < 1.29 is 24.8 Å². The smallest absolute Gasteiger partial charge is 0.167 e. The van der Waals surface area contributed by atoms with Gasteiger partial charge >= 0.3 is 0 Å². The summed E-state index contributed by atoms with van der Waals surface area (Å²) in [5, 5.41) is 31.0. The Bertz CT molecular complexity index is 1580. The molecule has 2 saturated heterocycles. The van der Waals surface area contributed by atoms with Crippen LogP contribution in [-0.2, 0) is 21.3 Å². The van der Waals surface area contributed by atoms with Crippen LogP contribution in [0.15, 0.2) is 30.9 Å². The molecule has 4 aromatic rings. The highest BCUT2D eigenvalue weighted by Crippen LogP contribution is 2.42. The van der Waals surface area contributed by atoms with E-state index in [-0.39, 0.29) is 36.6 Å². The number of nitrogen functional groups attached to an aromatic ring is 1. The molecule has 42 heavy (non-hydrogen) atoms. The van der Waals surface area contributed by atoms with Crippen LogP contribution in [0.5, 0.6) is 0 Å². The molecule has 6 N–H and O–H groups in total. The molecule has 13 heteroatoms. The van der Waals surface area contributed by atoms with Gasteiger partial charge in [0.05, 0.1) is 30.6 Å². The number of rotatable bonds is 8. The summed E-state index contributed by atoms with van der Waals surface area (Å²) in [6, 6.07) is 6.42. The van der Waals surface area contributed by atoms with Gasteiger partial charge in [0, 0.05) is 24.4 Å². The average molecular weight is 579 g/mol. The van der Waals surface area contributed by atoms with Crippen molar-refractivity contribution in [3.8, 4) is 0 Å². The van der Waals surface area contributed by atoms with E-state index in [1.165, 1.54) is 6.33 Å². The summed E-state index contributed by atoms with van der Waals surface area (Å²) in [6.07, 6.45) is 3.67. The number of nitrogens with zero attached hydrogens (tertiary/aromatic N) is 6. The SMILES string of the molecule is CC(C)(CO)c1ccc2nc(CCC3CC(N4C[C@H]5O[C@@H](n6cnc7c(N)ncnc76)[C@H](O)[C@@H]5OC4CO)C3)[nH]c2c1. The highest BCUT2D eigenvalue weighted by molar-refractivity contribution is 5.81. The predicted molar refractivity (Wildman–Crippen MR) is 153 cm³/mol. The summed E-state index contributed by atoms with van der Waals surface area (Å²) in [5.74, 6) is 1.79. The van der Waals surface area contributed by atoms with Crippen molar-refractivity contribution in [2.75, 3.05) is 25.5 Å². The van der Waals surface area contributed by atoms with Crippen molar-refractivity contribution >= 4 is 28.0 Å². The molecular weight excluding hydrogens is 540 g/mol. The number of H-pyrrole nitrogens is 1. The molecule has 13 nitrogen and oxygen atoms in total. The first-order valence-electron chi connectivity index (χ1n) is 14.6. The van der Waals surface area contributed by atoms with E-state index in [1.807, 2.05) is 26.0 Å². The Balaban J connectivity index is 0.971. The van der Waals surface area contributed by atoms with Crippen LogP contribution in [0, 0.1) is 5.92 Å². The maximum absolute atomic E-state index is 11.1. The molecule has 3 fully saturated rings. The van der Waals surface area contributed by atoms with Crippen LogP contribution >= 0.6 is 0 Å². The van der Waals surface area contributed by atoms with Gasteiger partial charge in [-0.15, -0.1) is 0 Å². The molecule has 0 bridgehead atoms. The van der Waals surface area contributed by atoms with Crippen molar-refractivity contribution in [1.29, 1.82) is 0 Å². The normalized spacial score (nSPS) is 30.2. The first kappa shape index (κ1) is 27.6. The minimum atomic E-state index is -0.955. The van der Waals surface area contributed by atoms with Crippen LogP contribution in [0.2, 0.25) is 0 Å². The number of anilines is 1. The fourth-order valence-electron chi connectivity index (χ4n) is 6.68. The Morgan fingerprint density at radius 3 is 2.76 bits per heavy atom. The molecule has 1 unspecified atom stereocenters. The number of nitrogens with one attached hydrogen (secondary N) is 1. The second-order valence-electron chi connectivity index (χ2n) is 12.6. The molecule has 7 rings (SSSR count). The predicted octanol–water partition coefficient (Wildman–Crippen LogP) is 1.24. The largest absolute Gasteiger partial charge is 0.395 e. The molecule has 2 aliphatic heterocycles. The summed E-state index contributed by atoms with van der Waals surface area (Å²) in [5.41, 5.74) is 9.60. The number of fused-ring (bicyclic) bond motifs is 3. The fraction of sp³-hybridized carbons (Fsp3) is 0.586. The third-order valence-electron chi connectivity index (χ3n) is 9.38. The van der Waals surface area contributed by atoms with Crippen molar-refractivity contribution in [3.63, 3.8) is 0 Å². The topological polar surface area (TPSA) is 181 Å². The Morgan fingerprint density at radius 2 is 1.98 bits per heavy atom. The van der Waals surface area contributed by atoms with Crippen molar-refractivity contribution in [3.05, 3.63) is 42.2 Å². The fourth-order valence-corrected chi connectivity index (χ4v) is 6.68. The van der Waals surface area contributed by atoms with E-state index in [2.05, 4.69) is 30.9 Å². The molecule has 5 atom stereocenters. The van der Waals surface area contributed by atoms with Gasteiger partial charge in [-0.1, -0.05) is 19.9 Å². The third kappa shape index (κ3) is 4.64. The summed E-state index contributed by atoms with van der Waals surface area (Å²) < 4.78 is 14.2. The number of nitrogens with two attached hydrogens (primary N) is 1. The number of aliphatic hydroxyl groups excluding tert-OH is 3. The van der Waals surface area contributed by atoms with E-state index < -0.39 is 24.7 Å². The molecule has 3 aliphatic rings. The van der Waals surface area contributed by atoms with Crippen molar-refractivity contribution in [2.24, 2.45) is 5.92 Å². The van der Waals surface area contributed by atoms with Crippen LogP contribution in [0.1, 0.15) is 50.7 Å². The molecule has 1 aromatic carbocycles. The summed E-state index contributed by atoms with van der Waals surface area (Å²) in [7, 11) is 0. The molecule has 3 aromatic heterocycles. The molecule has 0 radical (unpaired) electrons. The summed E-state index contributed by atoms with van der Waals surface area (Å²) >= 11 is 0. The number of hydrogen-bond acceptors (Lipinski definition) is 11. The average Bonchev–Trinajstić information content (AvgIpc) is 3.66. The minimum Gasteiger partial charge on any atom is -0.395 e. The number of aryl methyl sites for hydroxylation is 1. The van der Waals surface area contributed by atoms with Gasteiger partial charge in [0.25, 0.3) is 0 Å². The Morgan fingerprint density at radius 1 is 1.14 bits per heavy atom. The van der Waals surface area contributed by atoms with Gasteiger partial charge in [0.15, 0.2) is 17.7 Å². The molecule has 1 saturated carbocycles. The third-order valence-corrected chi connectivity index (χ3v) is 9.38. The number of aromatic nitrogens is 6. The zero-order valence-electron chi connectivity index (χ0n) is 23.8. The van der Waals surface area contributed by atoms with Gasteiger partial charge in [-0.05, 0) is 42.9 Å². The first-order chi connectivity index (χ1) is 20.3. The van der Waals surface area contributed by atoms with Gasteiger partial charge in [0.1, 0.15) is 42.2 Å². The summed E-state index contributed by atoms with van der Waals surface area (Å²) in [4.78, 5) is 23.0. The van der Waals surface area contributed by atoms with Crippen LogP contribution in [0.25, 0.3) is 22.2 Å². The lowest BCUT2D eigenvalue weighted by atomic mass is 9.76. The van der Waals surface area contributed by atoms with E-state index >= 15 is 0 Å². The van der Waals surface area contributed by atoms with Crippen LogP contribution in [-0.4, -0.2) is 100 Å². The van der Waals surface area contributed by atoms with Crippen LogP contribution in [0.3, 0.4) is 0 Å². The number of hydrogen-bond donors (Lipinski definition) is 5. The number of aliphatic hydroxyl groups is 3. The lowest BCUT2D eigenvalue weighted by Gasteiger charge is -2.50. The van der Waals surface area contributed by atoms with Crippen molar-refractivity contribution in [1.82, 2.24) is 34.4 Å². The minimum absolute atomic E-state index is 0.0863. The van der Waals surface area contributed by atoms with E-state index in [0.717, 1.165) is 48.1 Å². The van der Waals surface area contributed by atoms with E-state index in [4.69, 9.17) is 20.2 Å². The molecular formula is C29H38N8O5. The van der Waals surface area contributed by atoms with Crippen LogP contribution < -0.4 is 5.73 Å². The lowest BCUT2D eigenvalue weighted by molar-refractivity contribution is -0.217. The number of benzene rings is 1. The Kier molecular flexibility index (Phi) is 6.91. The van der Waals surface area contributed by atoms with Gasteiger partial charge in [-0.2, -0.15) is 0 Å². The Labute approximate surface area is 242 Å². The molecule has 0 amide bonds. The zero-order valence-corrected chi connectivity index (χ0v) is 23.8. The number of imidazole rings is 2. The number of ether oxygens (including phenoxy) is 2. The molecule has 5 heterocycles. The Hall–Kier alpha value is -3.20. The molecule has 1 aliphatic carbocycles. The highest BCUT2D eigenvalue weighted by Gasteiger charge is 2.53. The summed E-state index contributed by atoms with van der Waals surface area (Å²) in [6.45, 7) is 4.54. The van der Waals surface area contributed by atoms with Crippen LogP contribution in [0.4, 0.5) is 5.82 Å². The van der Waals surface area contributed by atoms with Gasteiger partial charge < -0.3 is 35.5 Å². The van der Waals surface area contributed by atoms with E-state index in [1.54, 1.807) is 10.9 Å². The number of aromatic amines is 1. The van der Waals surface area contributed by atoms with Gasteiger partial charge in [-0.3, -0.25) is 9.47 Å². The van der Waals surface area contributed by atoms with Gasteiger partial charge in [0.2, 0.25) is 0 Å². The monoisotopic (exact) mass is 578 g/mol. The zero-order chi connectivity index (χ0) is 29.2. The second-order valence-corrected chi connectivity index (χ2v) is 12.6. The first-order valence-corrected chi connectivity index (χ1v) is 14.6. The lowest BCUT2D eigenvalue weighted by Crippen LogP contribution is -2.61. The van der Waals surface area contributed by atoms with Crippen molar-refractivity contribution in [2.45, 2.75) is 81.8 Å².